The molecule has 0 saturated heterocycles. The van der Waals surface area contributed by atoms with Gasteiger partial charge in [-0.3, -0.25) is 4.79 Å². The van der Waals surface area contributed by atoms with Crippen LogP contribution in [0.15, 0.2) is 84.4 Å². The maximum absolute atomic E-state index is 14.4. The van der Waals surface area contributed by atoms with Gasteiger partial charge in [-0.25, -0.2) is 4.79 Å². The first-order chi connectivity index (χ1) is 22.6. The number of hydrogen-bond donors (Lipinski definition) is 2. The van der Waals surface area contributed by atoms with Crippen molar-refractivity contribution in [2.24, 2.45) is 5.41 Å². The van der Waals surface area contributed by atoms with E-state index in [0.29, 0.717) is 49.8 Å². The van der Waals surface area contributed by atoms with Gasteiger partial charge in [-0.05, 0) is 99.5 Å². The predicted octanol–water partition coefficient (Wildman–Crippen LogP) is 8.49. The summed E-state index contributed by atoms with van der Waals surface area (Å²) in [6.07, 6.45) is 6.63. The van der Waals surface area contributed by atoms with Crippen LogP contribution in [0.1, 0.15) is 106 Å². The van der Waals surface area contributed by atoms with E-state index in [9.17, 15) is 19.8 Å². The molecule has 2 bridgehead atoms. The molecule has 0 aromatic heterocycles. The van der Waals surface area contributed by atoms with Crippen LogP contribution < -0.4 is 0 Å². The fraction of sp³-hybridized carbons (Fsp3) is 0.463. The summed E-state index contributed by atoms with van der Waals surface area (Å²) in [4.78, 5) is 29.1. The Morgan fingerprint density at radius 2 is 1.68 bits per heavy atom. The van der Waals surface area contributed by atoms with Crippen LogP contribution in [-0.4, -0.2) is 58.4 Å². The Morgan fingerprint density at radius 1 is 0.957 bits per heavy atom. The van der Waals surface area contributed by atoms with Crippen molar-refractivity contribution in [2.45, 2.75) is 96.7 Å². The van der Waals surface area contributed by atoms with Crippen molar-refractivity contribution in [3.05, 3.63) is 107 Å². The average Bonchev–Trinajstić information content (AvgIpc) is 3.32. The molecule has 6 nitrogen and oxygen atoms in total. The lowest BCUT2D eigenvalue weighted by Crippen LogP contribution is -2.54. The SMILES string of the molecule is CCCN(CC1(O)CCC2c3ccc(cc3C(=O)c3ccc(-c4ccccc4)cc3)CC(O)CCC(C)=CCCC21C)C(=O)OCC. The minimum atomic E-state index is -1.18. The average molecular weight is 638 g/mol. The fourth-order valence-electron chi connectivity index (χ4n) is 7.83. The molecule has 47 heavy (non-hydrogen) atoms. The van der Waals surface area contributed by atoms with E-state index in [0.717, 1.165) is 41.5 Å². The molecule has 0 heterocycles. The van der Waals surface area contributed by atoms with Crippen LogP contribution in [-0.2, 0) is 11.2 Å². The number of ketones is 1. The van der Waals surface area contributed by atoms with Crippen molar-refractivity contribution in [3.8, 4) is 11.1 Å². The lowest BCUT2D eigenvalue weighted by Gasteiger charge is -2.46. The summed E-state index contributed by atoms with van der Waals surface area (Å²) in [5, 5.41) is 23.6. The number of aliphatic hydroxyl groups excluding tert-OH is 1. The van der Waals surface area contributed by atoms with Crippen molar-refractivity contribution >= 4 is 11.9 Å². The highest BCUT2D eigenvalue weighted by Gasteiger charge is 2.57. The number of ether oxygens (including phenoxy) is 1. The lowest BCUT2D eigenvalue weighted by molar-refractivity contribution is -0.0809. The second-order valence-corrected chi connectivity index (χ2v) is 13.8. The van der Waals surface area contributed by atoms with Crippen LogP contribution in [0.3, 0.4) is 0 Å². The lowest BCUT2D eigenvalue weighted by atomic mass is 9.64. The molecule has 4 atom stereocenters. The van der Waals surface area contributed by atoms with Gasteiger partial charge in [0.2, 0.25) is 0 Å². The third-order valence-electron chi connectivity index (χ3n) is 10.6. The van der Waals surface area contributed by atoms with Gasteiger partial charge in [0.15, 0.2) is 5.78 Å². The van der Waals surface area contributed by atoms with E-state index in [1.807, 2.05) is 61.5 Å². The molecule has 0 aliphatic heterocycles. The van der Waals surface area contributed by atoms with Gasteiger partial charge in [0.05, 0.1) is 24.9 Å². The van der Waals surface area contributed by atoms with Crippen LogP contribution in [0.4, 0.5) is 4.79 Å². The summed E-state index contributed by atoms with van der Waals surface area (Å²) in [6.45, 7) is 9.04. The van der Waals surface area contributed by atoms with Crippen LogP contribution in [0.5, 0.6) is 0 Å². The monoisotopic (exact) mass is 637 g/mol. The molecule has 3 aliphatic carbocycles. The van der Waals surface area contributed by atoms with E-state index in [1.165, 1.54) is 5.57 Å². The number of benzene rings is 3. The molecule has 3 aliphatic rings. The summed E-state index contributed by atoms with van der Waals surface area (Å²) in [5.74, 6) is -0.174. The van der Waals surface area contributed by atoms with Gasteiger partial charge in [0.1, 0.15) is 0 Å². The third-order valence-corrected chi connectivity index (χ3v) is 10.6. The van der Waals surface area contributed by atoms with E-state index in [2.05, 4.69) is 38.1 Å². The highest BCUT2D eigenvalue weighted by atomic mass is 16.6. The number of nitrogens with zero attached hydrogens (tertiary/aromatic N) is 1. The Kier molecular flexibility index (Phi) is 11.0. The van der Waals surface area contributed by atoms with E-state index in [4.69, 9.17) is 4.74 Å². The largest absolute Gasteiger partial charge is 0.450 e. The highest BCUT2D eigenvalue weighted by Crippen LogP contribution is 2.59. The number of hydrogen-bond acceptors (Lipinski definition) is 5. The molecule has 1 fully saturated rings. The van der Waals surface area contributed by atoms with E-state index in [1.54, 1.807) is 11.8 Å². The first-order valence-electron chi connectivity index (χ1n) is 17.4. The topological polar surface area (TPSA) is 87.1 Å². The molecule has 3 aromatic carbocycles. The van der Waals surface area contributed by atoms with Crippen molar-refractivity contribution < 1.29 is 24.5 Å². The zero-order valence-corrected chi connectivity index (χ0v) is 28.5. The van der Waals surface area contributed by atoms with Crippen molar-refractivity contribution in [1.82, 2.24) is 4.90 Å². The van der Waals surface area contributed by atoms with Crippen LogP contribution in [0, 0.1) is 5.41 Å². The highest BCUT2D eigenvalue weighted by molar-refractivity contribution is 6.10. The first kappa shape index (κ1) is 34.6. The number of amides is 1. The number of rotatable bonds is 8. The number of fused-ring (bicyclic) bond motifs is 8. The van der Waals surface area contributed by atoms with E-state index in [-0.39, 0.29) is 24.9 Å². The van der Waals surface area contributed by atoms with Gasteiger partial charge in [-0.2, -0.15) is 0 Å². The standard InChI is InChI=1S/C41H51NO5/c1-5-25-42(39(45)47-6-2)28-41(46)24-22-37-35-21-15-30(26-34(43)20-14-29(3)11-10-23-40(37,41)4)27-36(35)38(44)33-18-16-32(17-19-33)31-12-8-7-9-13-31/h7-9,11-13,15-19,21,27,34,37,43,46H,5-6,10,14,20,22-26,28H2,1-4H3. The molecule has 0 spiro atoms. The molecule has 4 unspecified atom stereocenters. The van der Waals surface area contributed by atoms with Crippen molar-refractivity contribution in [3.63, 3.8) is 0 Å². The molecule has 3 aromatic rings. The third kappa shape index (κ3) is 7.55. The summed E-state index contributed by atoms with van der Waals surface area (Å²) in [7, 11) is 0. The molecular weight excluding hydrogens is 586 g/mol. The Labute approximate surface area is 280 Å². The van der Waals surface area contributed by atoms with Gasteiger partial charge >= 0.3 is 6.09 Å². The number of carbonyl (C=O) groups excluding carboxylic acids is 2. The Bertz CT molecular complexity index is 1560. The Balaban J connectivity index is 1.58. The molecule has 1 saturated carbocycles. The number of carbonyl (C=O) groups is 2. The van der Waals surface area contributed by atoms with E-state index >= 15 is 0 Å². The number of allylic oxidation sites excluding steroid dienone is 2. The van der Waals surface area contributed by atoms with Gasteiger partial charge in [-0.15, -0.1) is 0 Å². The van der Waals surface area contributed by atoms with Crippen LogP contribution in [0.2, 0.25) is 0 Å². The summed E-state index contributed by atoms with van der Waals surface area (Å²) in [6, 6.07) is 24.0. The van der Waals surface area contributed by atoms with Crippen molar-refractivity contribution in [2.75, 3.05) is 19.7 Å². The van der Waals surface area contributed by atoms with Gasteiger partial charge < -0.3 is 19.8 Å². The second-order valence-electron chi connectivity index (χ2n) is 13.8. The maximum atomic E-state index is 14.4. The summed E-state index contributed by atoms with van der Waals surface area (Å²) in [5.41, 5.74) is 4.65. The van der Waals surface area contributed by atoms with Crippen LogP contribution >= 0.6 is 0 Å². The quantitative estimate of drug-likeness (QED) is 0.191. The minimum Gasteiger partial charge on any atom is -0.450 e. The molecule has 1 amide bonds. The smallest absolute Gasteiger partial charge is 0.409 e. The summed E-state index contributed by atoms with van der Waals surface area (Å²) >= 11 is 0. The molecule has 6 heteroatoms. The zero-order valence-electron chi connectivity index (χ0n) is 28.5. The Hall–Kier alpha value is -3.74. The van der Waals surface area contributed by atoms with Crippen molar-refractivity contribution in [1.29, 1.82) is 0 Å². The molecule has 2 N–H and O–H groups in total. The normalized spacial score (nSPS) is 24.6. The second kappa shape index (κ2) is 15.0. The van der Waals surface area contributed by atoms with Gasteiger partial charge in [0.25, 0.3) is 0 Å². The van der Waals surface area contributed by atoms with E-state index < -0.39 is 23.2 Å². The predicted molar refractivity (Wildman–Crippen MR) is 188 cm³/mol. The van der Waals surface area contributed by atoms with Gasteiger partial charge in [0, 0.05) is 23.1 Å². The van der Waals surface area contributed by atoms with Gasteiger partial charge in [-0.1, -0.05) is 92.2 Å². The molecule has 0 radical (unpaired) electrons. The number of aliphatic hydroxyl groups is 2. The van der Waals surface area contributed by atoms with Crippen LogP contribution in [0.25, 0.3) is 11.1 Å². The molecule has 250 valence electrons. The minimum absolute atomic E-state index is 0.0595. The fourth-order valence-corrected chi connectivity index (χ4v) is 7.83. The molecule has 6 rings (SSSR count). The molecular formula is C41H51NO5. The maximum Gasteiger partial charge on any atom is 0.409 e. The zero-order chi connectivity index (χ0) is 33.6. The Morgan fingerprint density at radius 3 is 2.38 bits per heavy atom. The first-order valence-corrected chi connectivity index (χ1v) is 17.4. The summed E-state index contributed by atoms with van der Waals surface area (Å²) < 4.78 is 5.40.